The summed E-state index contributed by atoms with van der Waals surface area (Å²) >= 11 is 0. The fourth-order valence-electron chi connectivity index (χ4n) is 3.22. The van der Waals surface area contributed by atoms with Crippen LogP contribution < -0.4 is 10.2 Å². The summed E-state index contributed by atoms with van der Waals surface area (Å²) in [6, 6.07) is 29.6. The third kappa shape index (κ3) is 5.03. The van der Waals surface area contributed by atoms with E-state index in [1.807, 2.05) is 66.7 Å². The van der Waals surface area contributed by atoms with Gasteiger partial charge in [0.15, 0.2) is 0 Å². The minimum absolute atomic E-state index is 0.226. The first kappa shape index (κ1) is 20.0. The van der Waals surface area contributed by atoms with Gasteiger partial charge in [-0.15, -0.1) is 0 Å². The van der Waals surface area contributed by atoms with Crippen molar-refractivity contribution in [3.05, 3.63) is 114 Å². The summed E-state index contributed by atoms with van der Waals surface area (Å²) in [4.78, 5) is 24.8. The Balaban J connectivity index is 1.57. The molecule has 5 heteroatoms. The van der Waals surface area contributed by atoms with Gasteiger partial charge < -0.3 is 4.74 Å². The first-order chi connectivity index (χ1) is 15.2. The number of fused-ring (bicyclic) bond motifs is 1. The highest BCUT2D eigenvalue weighted by molar-refractivity contribution is 6.04. The summed E-state index contributed by atoms with van der Waals surface area (Å²) in [6.07, 6.45) is 1.74. The number of nitrogens with zero attached hydrogens (tertiary/aromatic N) is 1. The standard InChI is InChI=1S/C26H20N2O3/c29-25(17-19-9-3-1-4-10-19)28-27-18-23-22-14-8-7-11-20(22)15-16-24(23)31-26(30)21-12-5-2-6-13-21/h1-16,18H,17H2,(H,28,29). The Morgan fingerprint density at radius 2 is 1.48 bits per heavy atom. The van der Waals surface area contributed by atoms with Crippen LogP contribution in [0.15, 0.2) is 102 Å². The Bertz CT molecular complexity index is 1240. The van der Waals surface area contributed by atoms with Crippen LogP contribution in [0.1, 0.15) is 21.5 Å². The monoisotopic (exact) mass is 408 g/mol. The van der Waals surface area contributed by atoms with Gasteiger partial charge in [0.2, 0.25) is 5.91 Å². The summed E-state index contributed by atoms with van der Waals surface area (Å²) in [6.45, 7) is 0. The lowest BCUT2D eigenvalue weighted by Gasteiger charge is -2.10. The van der Waals surface area contributed by atoms with Gasteiger partial charge in [0.05, 0.1) is 18.2 Å². The van der Waals surface area contributed by atoms with Gasteiger partial charge in [-0.25, -0.2) is 10.2 Å². The third-order valence-corrected chi connectivity index (χ3v) is 4.73. The van der Waals surface area contributed by atoms with Crippen LogP contribution in [-0.2, 0) is 11.2 Å². The zero-order valence-corrected chi connectivity index (χ0v) is 16.7. The Morgan fingerprint density at radius 1 is 0.806 bits per heavy atom. The maximum Gasteiger partial charge on any atom is 0.343 e. The maximum atomic E-state index is 12.6. The molecule has 1 amide bonds. The molecule has 0 heterocycles. The van der Waals surface area contributed by atoms with Crippen molar-refractivity contribution in [3.63, 3.8) is 0 Å². The van der Waals surface area contributed by atoms with Crippen LogP contribution >= 0.6 is 0 Å². The summed E-state index contributed by atoms with van der Waals surface area (Å²) in [5.41, 5.74) is 4.51. The molecule has 0 aliphatic heterocycles. The first-order valence-corrected chi connectivity index (χ1v) is 9.85. The van der Waals surface area contributed by atoms with Crippen LogP contribution in [0, 0.1) is 0 Å². The van der Waals surface area contributed by atoms with Crippen LogP contribution in [0.5, 0.6) is 5.75 Å². The van der Waals surface area contributed by atoms with E-state index in [1.165, 1.54) is 6.21 Å². The number of hydrazone groups is 1. The smallest absolute Gasteiger partial charge is 0.343 e. The fraction of sp³-hybridized carbons (Fsp3) is 0.0385. The Labute approximate surface area is 180 Å². The number of amides is 1. The van der Waals surface area contributed by atoms with Crippen molar-refractivity contribution in [2.75, 3.05) is 0 Å². The molecule has 152 valence electrons. The lowest BCUT2D eigenvalue weighted by atomic mass is 10.0. The predicted molar refractivity (Wildman–Crippen MR) is 121 cm³/mol. The fourth-order valence-corrected chi connectivity index (χ4v) is 3.22. The van der Waals surface area contributed by atoms with Crippen molar-refractivity contribution in [1.29, 1.82) is 0 Å². The summed E-state index contributed by atoms with van der Waals surface area (Å²) in [5.74, 6) is -0.322. The normalized spacial score (nSPS) is 10.8. The van der Waals surface area contributed by atoms with E-state index in [2.05, 4.69) is 10.5 Å². The molecule has 0 fully saturated rings. The van der Waals surface area contributed by atoms with Crippen molar-refractivity contribution in [1.82, 2.24) is 5.43 Å². The van der Waals surface area contributed by atoms with Crippen LogP contribution in [-0.4, -0.2) is 18.1 Å². The second kappa shape index (κ2) is 9.50. The second-order valence-electron chi connectivity index (χ2n) is 6.91. The molecule has 0 aliphatic rings. The van der Waals surface area contributed by atoms with Crippen molar-refractivity contribution < 1.29 is 14.3 Å². The molecule has 0 saturated carbocycles. The van der Waals surface area contributed by atoms with Crippen LogP contribution in [0.4, 0.5) is 0 Å². The zero-order valence-electron chi connectivity index (χ0n) is 16.7. The van der Waals surface area contributed by atoms with E-state index < -0.39 is 5.97 Å². The van der Waals surface area contributed by atoms with Gasteiger partial charge in [-0.2, -0.15) is 5.10 Å². The Kier molecular flexibility index (Phi) is 6.14. The van der Waals surface area contributed by atoms with E-state index in [9.17, 15) is 9.59 Å². The third-order valence-electron chi connectivity index (χ3n) is 4.73. The van der Waals surface area contributed by atoms with Crippen molar-refractivity contribution >= 4 is 28.9 Å². The average Bonchev–Trinajstić information content (AvgIpc) is 2.81. The summed E-state index contributed by atoms with van der Waals surface area (Å²) < 4.78 is 5.65. The number of carbonyl (C=O) groups is 2. The largest absolute Gasteiger partial charge is 0.422 e. The van der Waals surface area contributed by atoms with Crippen molar-refractivity contribution in [2.45, 2.75) is 6.42 Å². The number of nitrogens with one attached hydrogen (secondary N) is 1. The highest BCUT2D eigenvalue weighted by Gasteiger charge is 2.13. The average molecular weight is 408 g/mol. The quantitative estimate of drug-likeness (QED) is 0.217. The van der Waals surface area contributed by atoms with Gasteiger partial charge in [0, 0.05) is 5.56 Å². The van der Waals surface area contributed by atoms with E-state index in [0.717, 1.165) is 16.3 Å². The molecule has 0 saturated heterocycles. The molecule has 5 nitrogen and oxygen atoms in total. The van der Waals surface area contributed by atoms with Gasteiger partial charge in [0.25, 0.3) is 0 Å². The molecule has 0 aromatic heterocycles. The molecule has 4 aromatic rings. The van der Waals surface area contributed by atoms with Gasteiger partial charge in [-0.05, 0) is 34.5 Å². The molecule has 0 radical (unpaired) electrons. The topological polar surface area (TPSA) is 67.8 Å². The molecule has 0 atom stereocenters. The minimum Gasteiger partial charge on any atom is -0.422 e. The number of ether oxygens (including phenoxy) is 1. The second-order valence-corrected chi connectivity index (χ2v) is 6.91. The van der Waals surface area contributed by atoms with Crippen LogP contribution in [0.3, 0.4) is 0 Å². The van der Waals surface area contributed by atoms with Gasteiger partial charge in [-0.3, -0.25) is 4.79 Å². The van der Waals surface area contributed by atoms with Crippen molar-refractivity contribution in [3.8, 4) is 5.75 Å². The number of carbonyl (C=O) groups excluding carboxylic acids is 2. The molecule has 0 bridgehead atoms. The van der Waals surface area contributed by atoms with E-state index in [-0.39, 0.29) is 12.3 Å². The lowest BCUT2D eigenvalue weighted by molar-refractivity contribution is -0.120. The number of esters is 1. The number of rotatable bonds is 6. The molecule has 0 aliphatic carbocycles. The maximum absolute atomic E-state index is 12.6. The Hall–Kier alpha value is -4.25. The molecular weight excluding hydrogens is 388 g/mol. The molecule has 1 N–H and O–H groups in total. The van der Waals surface area contributed by atoms with Gasteiger partial charge in [-0.1, -0.05) is 78.9 Å². The zero-order chi connectivity index (χ0) is 21.5. The van der Waals surface area contributed by atoms with E-state index in [0.29, 0.717) is 16.9 Å². The van der Waals surface area contributed by atoms with Gasteiger partial charge in [0.1, 0.15) is 5.75 Å². The van der Waals surface area contributed by atoms with E-state index in [4.69, 9.17) is 4.74 Å². The van der Waals surface area contributed by atoms with Crippen molar-refractivity contribution in [2.24, 2.45) is 5.10 Å². The molecule has 0 unspecified atom stereocenters. The Morgan fingerprint density at radius 3 is 2.26 bits per heavy atom. The number of benzene rings is 4. The van der Waals surface area contributed by atoms with E-state index >= 15 is 0 Å². The molecule has 4 aromatic carbocycles. The predicted octanol–water partition coefficient (Wildman–Crippen LogP) is 4.75. The minimum atomic E-state index is -0.460. The number of hydrogen-bond donors (Lipinski definition) is 1. The first-order valence-electron chi connectivity index (χ1n) is 9.85. The van der Waals surface area contributed by atoms with Crippen LogP contribution in [0.25, 0.3) is 10.8 Å². The van der Waals surface area contributed by atoms with E-state index in [1.54, 1.807) is 30.3 Å². The SMILES string of the molecule is O=C(Cc1ccccc1)NN=Cc1c(OC(=O)c2ccccc2)ccc2ccccc12. The molecular formula is C26H20N2O3. The number of hydrogen-bond acceptors (Lipinski definition) is 4. The highest BCUT2D eigenvalue weighted by Crippen LogP contribution is 2.27. The molecule has 31 heavy (non-hydrogen) atoms. The summed E-state index contributed by atoms with van der Waals surface area (Å²) in [5, 5.41) is 5.95. The molecule has 4 rings (SSSR count). The van der Waals surface area contributed by atoms with Crippen LogP contribution in [0.2, 0.25) is 0 Å². The molecule has 0 spiro atoms. The highest BCUT2D eigenvalue weighted by atomic mass is 16.5. The van der Waals surface area contributed by atoms with Gasteiger partial charge >= 0.3 is 5.97 Å². The summed E-state index contributed by atoms with van der Waals surface area (Å²) in [7, 11) is 0. The lowest BCUT2D eigenvalue weighted by Crippen LogP contribution is -2.19.